The molecule has 0 spiro atoms. The zero-order chi connectivity index (χ0) is 20.5. The number of aromatic amines is 1. The highest BCUT2D eigenvalue weighted by Gasteiger charge is 2.42. The van der Waals surface area contributed by atoms with Crippen LogP contribution in [0.4, 0.5) is 13.2 Å². The maximum Gasteiger partial charge on any atom is 0.336 e. The van der Waals surface area contributed by atoms with E-state index >= 15 is 8.78 Å². The maximum atomic E-state index is 15.3. The molecule has 4 heterocycles. The molecule has 1 aliphatic carbocycles. The van der Waals surface area contributed by atoms with Crippen molar-refractivity contribution in [1.29, 1.82) is 0 Å². The molecular formula is C19H13F3N8. The molecule has 30 heavy (non-hydrogen) atoms. The van der Waals surface area contributed by atoms with Gasteiger partial charge in [-0.1, -0.05) is 0 Å². The van der Waals surface area contributed by atoms with Crippen molar-refractivity contribution in [3.05, 3.63) is 60.1 Å². The fraction of sp³-hybridized carbons (Fsp3) is 0.211. The van der Waals surface area contributed by atoms with Gasteiger partial charge < -0.3 is 0 Å². The van der Waals surface area contributed by atoms with E-state index in [0.717, 1.165) is 29.5 Å². The summed E-state index contributed by atoms with van der Waals surface area (Å²) in [7, 11) is 0. The topological polar surface area (TPSA) is 89.6 Å². The van der Waals surface area contributed by atoms with Gasteiger partial charge in [-0.05, 0) is 31.0 Å². The lowest BCUT2D eigenvalue weighted by Gasteiger charge is -2.15. The number of rotatable bonds is 4. The number of benzene rings is 1. The van der Waals surface area contributed by atoms with Gasteiger partial charge in [-0.15, -0.1) is 10.2 Å². The third-order valence-electron chi connectivity index (χ3n) is 5.23. The first-order valence-corrected chi connectivity index (χ1v) is 9.29. The van der Waals surface area contributed by atoms with Gasteiger partial charge in [-0.2, -0.15) is 28.6 Å². The molecule has 1 fully saturated rings. The van der Waals surface area contributed by atoms with Crippen LogP contribution in [0.5, 0.6) is 0 Å². The molecule has 11 heteroatoms. The number of H-pyrrole nitrogens is 1. The summed E-state index contributed by atoms with van der Waals surface area (Å²) >= 11 is 0. The number of nitrogens with zero attached hydrogens (tertiary/aromatic N) is 7. The van der Waals surface area contributed by atoms with Crippen molar-refractivity contribution in [2.24, 2.45) is 0 Å². The Kier molecular flexibility index (Phi) is 3.35. The summed E-state index contributed by atoms with van der Waals surface area (Å²) in [6.45, 7) is 0. The van der Waals surface area contributed by atoms with E-state index in [4.69, 9.17) is 0 Å². The predicted molar refractivity (Wildman–Crippen MR) is 99.3 cm³/mol. The molecule has 5 aromatic rings. The molecule has 1 saturated carbocycles. The Morgan fingerprint density at radius 2 is 1.97 bits per heavy atom. The largest absolute Gasteiger partial charge is 0.336 e. The molecule has 0 amide bonds. The summed E-state index contributed by atoms with van der Waals surface area (Å²) in [6, 6.07) is 5.63. The maximum absolute atomic E-state index is 15.3. The zero-order valence-corrected chi connectivity index (χ0v) is 15.3. The summed E-state index contributed by atoms with van der Waals surface area (Å²) in [5.41, 5.74) is 0.772. The predicted octanol–water partition coefficient (Wildman–Crippen LogP) is 3.48. The van der Waals surface area contributed by atoms with E-state index in [0.29, 0.717) is 28.2 Å². The van der Waals surface area contributed by atoms with Crippen molar-refractivity contribution in [2.75, 3.05) is 0 Å². The van der Waals surface area contributed by atoms with Crippen LogP contribution >= 0.6 is 0 Å². The second-order valence-corrected chi connectivity index (χ2v) is 7.32. The minimum absolute atomic E-state index is 0.132. The molecule has 6 rings (SSSR count). The highest BCUT2D eigenvalue weighted by Crippen LogP contribution is 2.38. The first kappa shape index (κ1) is 17.1. The molecular weight excluding hydrogens is 397 g/mol. The lowest BCUT2D eigenvalue weighted by Crippen LogP contribution is -2.22. The van der Waals surface area contributed by atoms with Gasteiger partial charge in [-0.25, -0.2) is 4.39 Å². The van der Waals surface area contributed by atoms with Crippen LogP contribution in [0, 0.1) is 5.82 Å². The molecule has 0 atom stereocenters. The van der Waals surface area contributed by atoms with Gasteiger partial charge in [0.05, 0.1) is 35.2 Å². The molecule has 0 aliphatic heterocycles. The molecule has 4 aromatic heterocycles. The second-order valence-electron chi connectivity index (χ2n) is 7.32. The van der Waals surface area contributed by atoms with Gasteiger partial charge >= 0.3 is 5.92 Å². The molecule has 0 unspecified atom stereocenters. The van der Waals surface area contributed by atoms with Crippen LogP contribution in [0.25, 0.3) is 27.8 Å². The molecule has 0 radical (unpaired) electrons. The number of nitrogens with one attached hydrogen (secondary N) is 1. The molecule has 0 bridgehead atoms. The minimum Gasteiger partial charge on any atom is -0.278 e. The molecule has 0 saturated heterocycles. The van der Waals surface area contributed by atoms with E-state index in [9.17, 15) is 4.39 Å². The smallest absolute Gasteiger partial charge is 0.278 e. The standard InChI is InChI=1S/C19H13F3N8/c20-14-6-16-10(7-23-25-16)5-13(14)19(21,22)18-27-26-17-4-3-15(28-30(17)18)11-8-24-29(9-11)12-1-2-12/h3-9,12H,1-2H2,(H,23,25). The summed E-state index contributed by atoms with van der Waals surface area (Å²) < 4.78 is 48.0. The first-order chi connectivity index (χ1) is 14.5. The Hall–Kier alpha value is -3.76. The number of hydrogen-bond acceptors (Lipinski definition) is 5. The fourth-order valence-electron chi connectivity index (χ4n) is 3.47. The number of halogens is 3. The van der Waals surface area contributed by atoms with Crippen LogP contribution in [0.1, 0.15) is 30.3 Å². The summed E-state index contributed by atoms with van der Waals surface area (Å²) in [5.74, 6) is -5.61. The van der Waals surface area contributed by atoms with Gasteiger partial charge in [0.15, 0.2) is 5.65 Å². The van der Waals surface area contributed by atoms with Gasteiger partial charge in [0.2, 0.25) is 5.82 Å². The van der Waals surface area contributed by atoms with Crippen molar-refractivity contribution in [3.8, 4) is 11.3 Å². The first-order valence-electron chi connectivity index (χ1n) is 9.29. The number of alkyl halides is 2. The summed E-state index contributed by atoms with van der Waals surface area (Å²) in [5, 5.41) is 22.7. The van der Waals surface area contributed by atoms with E-state index in [2.05, 4.69) is 30.6 Å². The van der Waals surface area contributed by atoms with Crippen LogP contribution in [-0.4, -0.2) is 39.8 Å². The van der Waals surface area contributed by atoms with Gasteiger partial charge in [0, 0.05) is 23.2 Å². The average Bonchev–Trinajstić information content (AvgIpc) is 3.14. The second kappa shape index (κ2) is 5.88. The van der Waals surface area contributed by atoms with E-state index in [1.807, 2.05) is 10.9 Å². The Bertz CT molecular complexity index is 1410. The SMILES string of the molecule is Fc1cc2[nH]ncc2cc1C(F)(F)c1nnc2ccc(-c3cnn(C4CC4)c3)nn12. The van der Waals surface area contributed by atoms with Crippen molar-refractivity contribution in [2.45, 2.75) is 24.8 Å². The Morgan fingerprint density at radius 3 is 2.80 bits per heavy atom. The third kappa shape index (κ3) is 2.51. The van der Waals surface area contributed by atoms with Gasteiger partial charge in [0.25, 0.3) is 0 Å². The molecule has 150 valence electrons. The van der Waals surface area contributed by atoms with E-state index in [1.165, 1.54) is 6.20 Å². The normalized spacial score (nSPS) is 14.8. The number of fused-ring (bicyclic) bond motifs is 2. The van der Waals surface area contributed by atoms with E-state index < -0.39 is 23.1 Å². The fourth-order valence-corrected chi connectivity index (χ4v) is 3.47. The Morgan fingerprint density at radius 1 is 1.10 bits per heavy atom. The van der Waals surface area contributed by atoms with Crippen LogP contribution in [-0.2, 0) is 5.92 Å². The molecule has 1 N–H and O–H groups in total. The van der Waals surface area contributed by atoms with Crippen molar-refractivity contribution < 1.29 is 13.2 Å². The summed E-state index contributed by atoms with van der Waals surface area (Å²) in [4.78, 5) is 0. The number of hydrogen-bond donors (Lipinski definition) is 1. The van der Waals surface area contributed by atoms with Gasteiger partial charge in [0.1, 0.15) is 5.82 Å². The van der Waals surface area contributed by atoms with Crippen LogP contribution in [0.3, 0.4) is 0 Å². The van der Waals surface area contributed by atoms with Crippen LogP contribution in [0.15, 0.2) is 42.9 Å². The minimum atomic E-state index is -3.77. The van der Waals surface area contributed by atoms with Crippen molar-refractivity contribution >= 4 is 16.6 Å². The van der Waals surface area contributed by atoms with Gasteiger partial charge in [-0.3, -0.25) is 9.78 Å². The average molecular weight is 410 g/mol. The lowest BCUT2D eigenvalue weighted by molar-refractivity contribution is 0.0270. The Labute approximate surface area is 166 Å². The van der Waals surface area contributed by atoms with Crippen molar-refractivity contribution in [3.63, 3.8) is 0 Å². The van der Waals surface area contributed by atoms with E-state index in [1.54, 1.807) is 18.3 Å². The molecule has 8 nitrogen and oxygen atoms in total. The quantitative estimate of drug-likeness (QED) is 0.490. The lowest BCUT2D eigenvalue weighted by atomic mass is 10.0. The zero-order valence-electron chi connectivity index (χ0n) is 15.3. The summed E-state index contributed by atoms with van der Waals surface area (Å²) in [6.07, 6.45) is 6.97. The van der Waals surface area contributed by atoms with Crippen molar-refractivity contribution in [1.82, 2.24) is 39.8 Å². The van der Waals surface area contributed by atoms with Crippen LogP contribution < -0.4 is 0 Å². The molecule has 1 aliphatic rings. The third-order valence-corrected chi connectivity index (χ3v) is 5.23. The highest BCUT2D eigenvalue weighted by atomic mass is 19.3. The Balaban J connectivity index is 1.48. The van der Waals surface area contributed by atoms with E-state index in [-0.39, 0.29) is 5.65 Å². The highest BCUT2D eigenvalue weighted by molar-refractivity contribution is 5.79. The monoisotopic (exact) mass is 410 g/mol. The number of aromatic nitrogens is 8. The van der Waals surface area contributed by atoms with Crippen LogP contribution in [0.2, 0.25) is 0 Å². The molecule has 1 aromatic carbocycles.